The minimum Gasteiger partial charge on any atom is -0.207 e. The number of hydrogen-bond donors (Lipinski definition) is 0. The van der Waals surface area contributed by atoms with Crippen LogP contribution in [0.5, 0.6) is 0 Å². The number of rotatable bonds is 5. The third kappa shape index (κ3) is 9.94. The Balaban J connectivity index is 0. The van der Waals surface area contributed by atoms with Crippen LogP contribution in [0.2, 0.25) is 0 Å². The maximum atomic E-state index is 12.9. The monoisotopic (exact) mass is 208 g/mol. The summed E-state index contributed by atoms with van der Waals surface area (Å²) in [6.45, 7) is 11.6. The summed E-state index contributed by atoms with van der Waals surface area (Å²) in [5, 5.41) is 0. The lowest BCUT2D eigenvalue weighted by molar-refractivity contribution is -0.0264. The van der Waals surface area contributed by atoms with Crippen LogP contribution in [-0.4, -0.2) is 5.92 Å². The van der Waals surface area contributed by atoms with Crippen molar-refractivity contribution in [3.63, 3.8) is 0 Å². The molecule has 0 N–H and O–H groups in total. The summed E-state index contributed by atoms with van der Waals surface area (Å²) in [5.41, 5.74) is 0. The van der Waals surface area contributed by atoms with E-state index in [9.17, 15) is 8.78 Å². The highest BCUT2D eigenvalue weighted by Crippen LogP contribution is 2.29. The second-order valence-corrected chi connectivity index (χ2v) is 4.15. The van der Waals surface area contributed by atoms with Gasteiger partial charge in [0, 0.05) is 12.8 Å². The molecule has 0 fully saturated rings. The standard InChI is InChI=1S/C10H20F2.C2H6/c1-5-10(11,12)7-9(4)6-8(2)3;1-2/h8-9H,5-7H2,1-4H3;1-2H3. The highest BCUT2D eigenvalue weighted by molar-refractivity contribution is 4.68. The van der Waals surface area contributed by atoms with E-state index >= 15 is 0 Å². The molecule has 0 spiro atoms. The molecule has 1 unspecified atom stereocenters. The molecule has 0 aromatic carbocycles. The van der Waals surface area contributed by atoms with E-state index in [0.717, 1.165) is 6.42 Å². The lowest BCUT2D eigenvalue weighted by atomic mass is 9.92. The summed E-state index contributed by atoms with van der Waals surface area (Å²) in [5.74, 6) is -1.79. The van der Waals surface area contributed by atoms with E-state index in [0.29, 0.717) is 5.92 Å². The number of hydrogen-bond acceptors (Lipinski definition) is 0. The molecule has 0 bridgehead atoms. The summed E-state index contributed by atoms with van der Waals surface area (Å²) in [6.07, 6.45) is 0.909. The van der Waals surface area contributed by atoms with Gasteiger partial charge in [-0.3, -0.25) is 0 Å². The first kappa shape index (κ1) is 16.3. The molecule has 2 heteroatoms. The van der Waals surface area contributed by atoms with E-state index in [1.54, 1.807) is 6.92 Å². The van der Waals surface area contributed by atoms with Crippen LogP contribution < -0.4 is 0 Å². The zero-order valence-corrected chi connectivity index (χ0v) is 10.5. The minimum absolute atomic E-state index is 0.0323. The lowest BCUT2D eigenvalue weighted by Crippen LogP contribution is -2.19. The van der Waals surface area contributed by atoms with Crippen LogP contribution in [0.3, 0.4) is 0 Å². The van der Waals surface area contributed by atoms with E-state index in [-0.39, 0.29) is 18.8 Å². The zero-order valence-electron chi connectivity index (χ0n) is 10.5. The van der Waals surface area contributed by atoms with Crippen molar-refractivity contribution >= 4 is 0 Å². The first-order valence-corrected chi connectivity index (χ1v) is 5.75. The largest absolute Gasteiger partial charge is 0.248 e. The number of alkyl halides is 2. The van der Waals surface area contributed by atoms with Gasteiger partial charge in [-0.05, 0) is 18.3 Å². The third-order valence-electron chi connectivity index (χ3n) is 2.04. The Morgan fingerprint density at radius 2 is 1.50 bits per heavy atom. The van der Waals surface area contributed by atoms with Crippen LogP contribution in [0, 0.1) is 11.8 Å². The third-order valence-corrected chi connectivity index (χ3v) is 2.04. The fourth-order valence-electron chi connectivity index (χ4n) is 1.54. The van der Waals surface area contributed by atoms with Crippen LogP contribution in [0.15, 0.2) is 0 Å². The summed E-state index contributed by atoms with van der Waals surface area (Å²) in [4.78, 5) is 0. The quantitative estimate of drug-likeness (QED) is 0.587. The van der Waals surface area contributed by atoms with Gasteiger partial charge in [0.05, 0.1) is 0 Å². The molecular weight excluding hydrogens is 182 g/mol. The van der Waals surface area contributed by atoms with Gasteiger partial charge in [-0.1, -0.05) is 41.5 Å². The Kier molecular flexibility index (Phi) is 9.53. The predicted molar refractivity (Wildman–Crippen MR) is 59.8 cm³/mol. The van der Waals surface area contributed by atoms with Gasteiger partial charge in [-0.25, -0.2) is 8.78 Å². The molecule has 0 nitrogen and oxygen atoms in total. The van der Waals surface area contributed by atoms with E-state index in [1.807, 2.05) is 20.8 Å². The molecule has 14 heavy (non-hydrogen) atoms. The normalized spacial score (nSPS) is 13.5. The molecule has 0 saturated heterocycles. The molecule has 0 radical (unpaired) electrons. The summed E-state index contributed by atoms with van der Waals surface area (Å²) in [7, 11) is 0. The van der Waals surface area contributed by atoms with Crippen molar-refractivity contribution in [3.05, 3.63) is 0 Å². The van der Waals surface area contributed by atoms with Crippen molar-refractivity contribution in [3.8, 4) is 0 Å². The Labute approximate surface area is 88.1 Å². The predicted octanol–water partition coefficient (Wildman–Crippen LogP) is 5.13. The molecule has 0 rings (SSSR count). The molecule has 1 atom stereocenters. The van der Waals surface area contributed by atoms with Gasteiger partial charge in [0.2, 0.25) is 5.92 Å². The van der Waals surface area contributed by atoms with Gasteiger partial charge in [0.25, 0.3) is 0 Å². The topological polar surface area (TPSA) is 0 Å². The van der Waals surface area contributed by atoms with Gasteiger partial charge >= 0.3 is 0 Å². The summed E-state index contributed by atoms with van der Waals surface area (Å²) in [6, 6.07) is 0. The highest BCUT2D eigenvalue weighted by Gasteiger charge is 2.28. The van der Waals surface area contributed by atoms with Crippen molar-refractivity contribution in [2.75, 3.05) is 0 Å². The Morgan fingerprint density at radius 1 is 1.07 bits per heavy atom. The van der Waals surface area contributed by atoms with Crippen LogP contribution in [0.4, 0.5) is 8.78 Å². The van der Waals surface area contributed by atoms with Crippen molar-refractivity contribution in [2.45, 2.75) is 66.7 Å². The molecule has 0 amide bonds. The Hall–Kier alpha value is -0.140. The van der Waals surface area contributed by atoms with Gasteiger partial charge in [0.1, 0.15) is 0 Å². The maximum absolute atomic E-state index is 12.9. The first-order chi connectivity index (χ1) is 6.37. The van der Waals surface area contributed by atoms with Gasteiger partial charge in [-0.2, -0.15) is 0 Å². The molecule has 88 valence electrons. The Morgan fingerprint density at radius 3 is 1.79 bits per heavy atom. The fraction of sp³-hybridized carbons (Fsp3) is 1.00. The molecule has 0 aromatic heterocycles. The van der Waals surface area contributed by atoms with Gasteiger partial charge in [-0.15, -0.1) is 0 Å². The molecule has 0 heterocycles. The van der Waals surface area contributed by atoms with E-state index < -0.39 is 5.92 Å². The van der Waals surface area contributed by atoms with Crippen LogP contribution >= 0.6 is 0 Å². The van der Waals surface area contributed by atoms with Crippen LogP contribution in [-0.2, 0) is 0 Å². The van der Waals surface area contributed by atoms with Crippen molar-refractivity contribution in [1.29, 1.82) is 0 Å². The second-order valence-electron chi connectivity index (χ2n) is 4.15. The van der Waals surface area contributed by atoms with E-state index in [1.165, 1.54) is 0 Å². The average molecular weight is 208 g/mol. The van der Waals surface area contributed by atoms with E-state index in [4.69, 9.17) is 0 Å². The molecule has 0 aliphatic rings. The second kappa shape index (κ2) is 8.19. The van der Waals surface area contributed by atoms with Crippen LogP contribution in [0.1, 0.15) is 60.8 Å². The number of halogens is 2. The van der Waals surface area contributed by atoms with Gasteiger partial charge < -0.3 is 0 Å². The molecule has 0 aliphatic heterocycles. The maximum Gasteiger partial charge on any atom is 0.248 e. The van der Waals surface area contributed by atoms with Crippen molar-refractivity contribution < 1.29 is 8.78 Å². The average Bonchev–Trinajstić information content (AvgIpc) is 2.05. The summed E-state index contributed by atoms with van der Waals surface area (Å²) >= 11 is 0. The van der Waals surface area contributed by atoms with Gasteiger partial charge in [0.15, 0.2) is 0 Å². The molecule has 0 aromatic rings. The first-order valence-electron chi connectivity index (χ1n) is 5.75. The fourth-order valence-corrected chi connectivity index (χ4v) is 1.54. The lowest BCUT2D eigenvalue weighted by Gasteiger charge is -2.20. The molecule has 0 saturated carbocycles. The SMILES string of the molecule is CC.CCC(F)(F)CC(C)CC(C)C. The highest BCUT2D eigenvalue weighted by atomic mass is 19.3. The smallest absolute Gasteiger partial charge is 0.207 e. The Bertz CT molecular complexity index is 119. The van der Waals surface area contributed by atoms with E-state index in [2.05, 4.69) is 13.8 Å². The summed E-state index contributed by atoms with van der Waals surface area (Å²) < 4.78 is 25.7. The van der Waals surface area contributed by atoms with Crippen molar-refractivity contribution in [1.82, 2.24) is 0 Å². The van der Waals surface area contributed by atoms with Crippen molar-refractivity contribution in [2.24, 2.45) is 11.8 Å². The minimum atomic E-state index is -2.45. The molecule has 0 aliphatic carbocycles. The zero-order chi connectivity index (χ0) is 11.8. The molecular formula is C12H26F2. The van der Waals surface area contributed by atoms with Crippen LogP contribution in [0.25, 0.3) is 0 Å².